The topological polar surface area (TPSA) is 20.2 Å². The Labute approximate surface area is 117 Å². The zero-order chi connectivity index (χ0) is 10.6. The molecule has 1 rings (SSSR count). The molecule has 4 heteroatoms. The zero-order valence-electron chi connectivity index (χ0n) is 8.15. The summed E-state index contributed by atoms with van der Waals surface area (Å²) in [6.07, 6.45) is 6.08. The molecule has 0 unspecified atom stereocenters. The lowest BCUT2D eigenvalue weighted by Crippen LogP contribution is -1.86. The molecule has 80 valence electrons. The minimum absolute atomic E-state index is 0.525. The number of halogens is 2. The van der Waals surface area contributed by atoms with E-state index in [4.69, 9.17) is 0 Å². The predicted molar refractivity (Wildman–Crippen MR) is 79.3 cm³/mol. The maximum atomic E-state index is 9.77. The Morgan fingerprint density at radius 1 is 1.14 bits per heavy atom. The molecule has 0 aliphatic carbocycles. The van der Waals surface area contributed by atoms with Crippen molar-refractivity contribution >= 4 is 56.5 Å². The van der Waals surface area contributed by atoms with E-state index in [-0.39, 0.29) is 0 Å². The molecule has 1 nitrogen and oxygen atoms in total. The van der Waals surface area contributed by atoms with Gasteiger partial charge in [0.15, 0.2) is 0 Å². The standard InChI is InChI=1S/C10H14I2OS/c1-2-3-4-5-6-7-8(13)10(12)14-9(7)11/h13H,2-6H2,1H3. The second-order valence-electron chi connectivity index (χ2n) is 3.29. The summed E-state index contributed by atoms with van der Waals surface area (Å²) in [4.78, 5) is 0. The number of thiophene rings is 1. The number of unbranched alkanes of at least 4 members (excludes halogenated alkanes) is 3. The lowest BCUT2D eigenvalue weighted by Gasteiger charge is -2.00. The number of aromatic hydroxyl groups is 1. The Kier molecular flexibility index (Phi) is 6.07. The molecule has 0 saturated heterocycles. The first-order valence-electron chi connectivity index (χ1n) is 4.82. The first-order valence-corrected chi connectivity index (χ1v) is 7.79. The van der Waals surface area contributed by atoms with Gasteiger partial charge in [-0.2, -0.15) is 0 Å². The Morgan fingerprint density at radius 3 is 2.36 bits per heavy atom. The van der Waals surface area contributed by atoms with Gasteiger partial charge in [-0.15, -0.1) is 11.3 Å². The minimum Gasteiger partial charge on any atom is -0.506 e. The first-order chi connectivity index (χ1) is 6.66. The van der Waals surface area contributed by atoms with Crippen molar-refractivity contribution < 1.29 is 5.11 Å². The molecular weight excluding hydrogens is 422 g/mol. The highest BCUT2D eigenvalue weighted by Crippen LogP contribution is 2.37. The van der Waals surface area contributed by atoms with Crippen molar-refractivity contribution in [2.45, 2.75) is 39.0 Å². The van der Waals surface area contributed by atoms with E-state index in [9.17, 15) is 5.11 Å². The normalized spacial score (nSPS) is 10.8. The van der Waals surface area contributed by atoms with Crippen LogP contribution in [0, 0.1) is 5.77 Å². The summed E-state index contributed by atoms with van der Waals surface area (Å²) >= 11 is 6.21. The van der Waals surface area contributed by atoms with Gasteiger partial charge in [0, 0.05) is 5.56 Å². The van der Waals surface area contributed by atoms with Crippen molar-refractivity contribution in [3.8, 4) is 5.75 Å². The molecule has 0 saturated carbocycles. The number of rotatable bonds is 5. The fraction of sp³-hybridized carbons (Fsp3) is 0.600. The molecule has 0 spiro atoms. The number of hydrogen-bond acceptors (Lipinski definition) is 2. The molecule has 0 atom stereocenters. The van der Waals surface area contributed by atoms with Crippen LogP contribution in [-0.4, -0.2) is 5.11 Å². The third-order valence-electron chi connectivity index (χ3n) is 2.17. The molecule has 0 amide bonds. The van der Waals surface area contributed by atoms with E-state index in [1.807, 2.05) is 0 Å². The molecule has 1 N–H and O–H groups in total. The van der Waals surface area contributed by atoms with Gasteiger partial charge in [0.2, 0.25) is 0 Å². The van der Waals surface area contributed by atoms with Crippen LogP contribution >= 0.6 is 56.5 Å². The molecular formula is C10H14I2OS. The predicted octanol–water partition coefficient (Wildman–Crippen LogP) is 4.79. The summed E-state index contributed by atoms with van der Waals surface area (Å²) in [6.45, 7) is 2.22. The fourth-order valence-electron chi connectivity index (χ4n) is 1.35. The smallest absolute Gasteiger partial charge is 0.144 e. The molecule has 0 aliphatic rings. The maximum Gasteiger partial charge on any atom is 0.144 e. The van der Waals surface area contributed by atoms with E-state index in [2.05, 4.69) is 52.1 Å². The van der Waals surface area contributed by atoms with Crippen LogP contribution in [0.15, 0.2) is 0 Å². The average Bonchev–Trinajstić information content (AvgIpc) is 2.38. The van der Waals surface area contributed by atoms with Crippen LogP contribution in [0.25, 0.3) is 0 Å². The van der Waals surface area contributed by atoms with Gasteiger partial charge in [0.25, 0.3) is 0 Å². The average molecular weight is 436 g/mol. The van der Waals surface area contributed by atoms with Crippen LogP contribution in [0.3, 0.4) is 0 Å². The van der Waals surface area contributed by atoms with Gasteiger partial charge < -0.3 is 5.11 Å². The first kappa shape index (κ1) is 13.0. The molecule has 0 aliphatic heterocycles. The molecule has 1 aromatic rings. The summed E-state index contributed by atoms with van der Waals surface area (Å²) in [5, 5.41) is 9.77. The van der Waals surface area contributed by atoms with Crippen LogP contribution in [0.1, 0.15) is 38.2 Å². The van der Waals surface area contributed by atoms with Gasteiger partial charge in [0.1, 0.15) is 8.63 Å². The highest BCUT2D eigenvalue weighted by atomic mass is 127. The summed E-state index contributed by atoms with van der Waals surface area (Å²) in [5.41, 5.74) is 1.16. The van der Waals surface area contributed by atoms with Crippen LogP contribution in [0.4, 0.5) is 0 Å². The highest BCUT2D eigenvalue weighted by molar-refractivity contribution is 14.1. The molecule has 0 radical (unpaired) electrons. The zero-order valence-corrected chi connectivity index (χ0v) is 13.3. The van der Waals surface area contributed by atoms with Gasteiger partial charge in [-0.3, -0.25) is 0 Å². The largest absolute Gasteiger partial charge is 0.506 e. The number of hydrogen-bond donors (Lipinski definition) is 1. The van der Waals surface area contributed by atoms with Crippen LogP contribution in [-0.2, 0) is 6.42 Å². The summed E-state index contributed by atoms with van der Waals surface area (Å²) in [7, 11) is 0. The molecule has 1 heterocycles. The molecule has 0 aromatic carbocycles. The van der Waals surface area contributed by atoms with Gasteiger partial charge in [0.05, 0.1) is 2.88 Å². The van der Waals surface area contributed by atoms with Crippen molar-refractivity contribution in [1.29, 1.82) is 0 Å². The summed E-state index contributed by atoms with van der Waals surface area (Å²) in [5.74, 6) is 0.525. The van der Waals surface area contributed by atoms with Gasteiger partial charge in [-0.05, 0) is 58.0 Å². The second kappa shape index (κ2) is 6.52. The van der Waals surface area contributed by atoms with E-state index in [0.717, 1.165) is 14.9 Å². The van der Waals surface area contributed by atoms with E-state index >= 15 is 0 Å². The Hall–Kier alpha value is 0.960. The quantitative estimate of drug-likeness (QED) is 0.521. The van der Waals surface area contributed by atoms with Crippen molar-refractivity contribution in [1.82, 2.24) is 0 Å². The third-order valence-corrected chi connectivity index (χ3v) is 5.45. The van der Waals surface area contributed by atoms with Crippen LogP contribution in [0.5, 0.6) is 5.75 Å². The summed E-state index contributed by atoms with van der Waals surface area (Å²) in [6, 6.07) is 0. The van der Waals surface area contributed by atoms with Crippen molar-refractivity contribution in [3.05, 3.63) is 11.3 Å². The molecule has 0 bridgehead atoms. The second-order valence-corrected chi connectivity index (χ2v) is 7.93. The van der Waals surface area contributed by atoms with Crippen LogP contribution in [0.2, 0.25) is 0 Å². The van der Waals surface area contributed by atoms with Gasteiger partial charge in [-0.25, -0.2) is 0 Å². The molecule has 1 aromatic heterocycles. The van der Waals surface area contributed by atoms with Crippen LogP contribution < -0.4 is 0 Å². The lowest BCUT2D eigenvalue weighted by molar-refractivity contribution is 0.465. The van der Waals surface area contributed by atoms with E-state index in [1.165, 1.54) is 28.6 Å². The lowest BCUT2D eigenvalue weighted by atomic mass is 10.1. The Balaban J connectivity index is 2.49. The molecule has 14 heavy (non-hydrogen) atoms. The monoisotopic (exact) mass is 436 g/mol. The van der Waals surface area contributed by atoms with E-state index < -0.39 is 0 Å². The SMILES string of the molecule is CCCCCCc1c(I)sc(I)c1O. The Bertz CT molecular complexity index is 297. The van der Waals surface area contributed by atoms with Gasteiger partial charge in [-0.1, -0.05) is 26.2 Å². The third kappa shape index (κ3) is 3.52. The Morgan fingerprint density at radius 2 is 1.86 bits per heavy atom. The summed E-state index contributed by atoms with van der Waals surface area (Å²) < 4.78 is 2.28. The molecule has 0 fully saturated rings. The van der Waals surface area contributed by atoms with Gasteiger partial charge >= 0.3 is 0 Å². The van der Waals surface area contributed by atoms with Crippen molar-refractivity contribution in [2.75, 3.05) is 0 Å². The van der Waals surface area contributed by atoms with Crippen molar-refractivity contribution in [3.63, 3.8) is 0 Å². The van der Waals surface area contributed by atoms with Crippen molar-refractivity contribution in [2.24, 2.45) is 0 Å². The van der Waals surface area contributed by atoms with E-state index in [0.29, 0.717) is 5.75 Å². The fourth-order valence-corrected chi connectivity index (χ4v) is 5.48. The minimum atomic E-state index is 0.525. The maximum absolute atomic E-state index is 9.77. The highest BCUT2D eigenvalue weighted by Gasteiger charge is 2.13. The van der Waals surface area contributed by atoms with E-state index in [1.54, 1.807) is 11.3 Å².